The summed E-state index contributed by atoms with van der Waals surface area (Å²) in [6.45, 7) is 0. The van der Waals surface area contributed by atoms with E-state index in [1.165, 1.54) is 6.20 Å². The lowest BCUT2D eigenvalue weighted by atomic mass is 10.1. The zero-order chi connectivity index (χ0) is 19.2. The summed E-state index contributed by atoms with van der Waals surface area (Å²) in [5.41, 5.74) is 4.37. The van der Waals surface area contributed by atoms with Gasteiger partial charge in [-0.3, -0.25) is 14.6 Å². The zero-order valence-corrected chi connectivity index (χ0v) is 16.0. The van der Waals surface area contributed by atoms with Crippen LogP contribution in [0, 0.1) is 0 Å². The number of benzene rings is 1. The number of hydrogen-bond donors (Lipinski definition) is 2. The van der Waals surface area contributed by atoms with Crippen molar-refractivity contribution in [1.29, 1.82) is 0 Å². The molecule has 3 aromatic rings. The third-order valence-electron chi connectivity index (χ3n) is 3.75. The molecule has 27 heavy (non-hydrogen) atoms. The van der Waals surface area contributed by atoms with Gasteiger partial charge in [0, 0.05) is 30.1 Å². The molecule has 1 aromatic carbocycles. The van der Waals surface area contributed by atoms with Crippen molar-refractivity contribution >= 4 is 39.6 Å². The molecular weight excluding hydrogens is 410 g/mol. The Hall–Kier alpha value is -3.26. The number of anilines is 1. The summed E-state index contributed by atoms with van der Waals surface area (Å²) < 4.78 is 2.58. The number of hydrazone groups is 1. The Bertz CT molecular complexity index is 998. The third-order valence-corrected chi connectivity index (χ3v) is 4.24. The predicted octanol–water partition coefficient (Wildman–Crippen LogP) is 3.20. The minimum absolute atomic E-state index is 0.283. The molecule has 0 saturated heterocycles. The molecule has 136 valence electrons. The molecule has 0 fully saturated rings. The largest absolute Gasteiger partial charge is 0.350 e. The van der Waals surface area contributed by atoms with Crippen LogP contribution in [-0.2, 0) is 7.05 Å². The van der Waals surface area contributed by atoms with E-state index < -0.39 is 5.91 Å². The quantitative estimate of drug-likeness (QED) is 0.485. The zero-order valence-electron chi connectivity index (χ0n) is 14.4. The predicted molar refractivity (Wildman–Crippen MR) is 107 cm³/mol. The molecule has 2 aromatic heterocycles. The van der Waals surface area contributed by atoms with Crippen LogP contribution in [0.3, 0.4) is 0 Å². The first-order valence-corrected chi connectivity index (χ1v) is 8.79. The molecule has 0 spiro atoms. The summed E-state index contributed by atoms with van der Waals surface area (Å²) in [7, 11) is 1.88. The third kappa shape index (κ3) is 4.68. The Morgan fingerprint density at radius 2 is 2.04 bits per heavy atom. The van der Waals surface area contributed by atoms with Crippen molar-refractivity contribution in [3.05, 3.63) is 82.3 Å². The molecule has 0 radical (unpaired) electrons. The lowest BCUT2D eigenvalue weighted by molar-refractivity contribution is 0.0956. The minimum Gasteiger partial charge on any atom is -0.350 e. The normalized spacial score (nSPS) is 10.7. The first-order valence-electron chi connectivity index (χ1n) is 8.00. The van der Waals surface area contributed by atoms with Crippen molar-refractivity contribution in [1.82, 2.24) is 15.0 Å². The van der Waals surface area contributed by atoms with E-state index in [0.717, 1.165) is 5.69 Å². The van der Waals surface area contributed by atoms with Crippen LogP contribution < -0.4 is 10.7 Å². The maximum Gasteiger partial charge on any atom is 0.273 e. The van der Waals surface area contributed by atoms with Crippen molar-refractivity contribution in [3.8, 4) is 0 Å². The minimum atomic E-state index is -0.441. The van der Waals surface area contributed by atoms with Gasteiger partial charge in [-0.1, -0.05) is 15.9 Å². The second kappa shape index (κ2) is 8.41. The molecular formula is C19H16BrN5O2. The number of nitrogens with zero attached hydrogens (tertiary/aromatic N) is 3. The Morgan fingerprint density at radius 3 is 2.74 bits per heavy atom. The molecule has 0 saturated carbocycles. The van der Waals surface area contributed by atoms with Gasteiger partial charge in [-0.05, 0) is 42.5 Å². The summed E-state index contributed by atoms with van der Waals surface area (Å²) in [4.78, 5) is 28.8. The maximum atomic E-state index is 12.5. The van der Waals surface area contributed by atoms with Gasteiger partial charge in [0.05, 0.1) is 28.7 Å². The van der Waals surface area contributed by atoms with Crippen LogP contribution >= 0.6 is 15.9 Å². The molecule has 7 nitrogen and oxygen atoms in total. The second-order valence-corrected chi connectivity index (χ2v) is 6.54. The van der Waals surface area contributed by atoms with E-state index in [1.54, 1.807) is 42.7 Å². The highest BCUT2D eigenvalue weighted by atomic mass is 79.9. The summed E-state index contributed by atoms with van der Waals surface area (Å²) in [5.74, 6) is -0.796. The van der Waals surface area contributed by atoms with Crippen LogP contribution in [0.4, 0.5) is 5.69 Å². The van der Waals surface area contributed by atoms with Gasteiger partial charge in [-0.25, -0.2) is 5.43 Å². The molecule has 0 aliphatic heterocycles. The van der Waals surface area contributed by atoms with E-state index in [4.69, 9.17) is 0 Å². The monoisotopic (exact) mass is 425 g/mol. The number of halogens is 1. The highest BCUT2D eigenvalue weighted by Crippen LogP contribution is 2.22. The van der Waals surface area contributed by atoms with Gasteiger partial charge in [0.25, 0.3) is 11.8 Å². The van der Waals surface area contributed by atoms with Crippen molar-refractivity contribution in [2.45, 2.75) is 0 Å². The lowest BCUT2D eigenvalue weighted by Crippen LogP contribution is -2.21. The number of aromatic nitrogens is 2. The van der Waals surface area contributed by atoms with E-state index in [2.05, 4.69) is 36.8 Å². The Morgan fingerprint density at radius 1 is 1.19 bits per heavy atom. The highest BCUT2D eigenvalue weighted by molar-refractivity contribution is 9.10. The number of carbonyl (C=O) groups is 2. The number of carbonyl (C=O) groups excluding carboxylic acids is 2. The van der Waals surface area contributed by atoms with Crippen molar-refractivity contribution < 1.29 is 9.59 Å². The Kier molecular flexibility index (Phi) is 5.77. The number of aryl methyl sites for hydroxylation is 1. The van der Waals surface area contributed by atoms with E-state index in [-0.39, 0.29) is 11.5 Å². The smallest absolute Gasteiger partial charge is 0.273 e. The molecule has 2 amide bonds. The van der Waals surface area contributed by atoms with E-state index in [0.29, 0.717) is 15.7 Å². The average molecular weight is 426 g/mol. The average Bonchev–Trinajstić information content (AvgIpc) is 3.08. The van der Waals surface area contributed by atoms with E-state index in [1.807, 2.05) is 29.9 Å². The Labute approximate surface area is 164 Å². The number of rotatable bonds is 5. The highest BCUT2D eigenvalue weighted by Gasteiger charge is 2.15. The second-order valence-electron chi connectivity index (χ2n) is 5.63. The van der Waals surface area contributed by atoms with Crippen molar-refractivity contribution in [3.63, 3.8) is 0 Å². The number of nitrogens with one attached hydrogen (secondary N) is 2. The van der Waals surface area contributed by atoms with Crippen LogP contribution in [0.2, 0.25) is 0 Å². The molecule has 2 heterocycles. The van der Waals surface area contributed by atoms with Crippen LogP contribution in [0.15, 0.2) is 70.6 Å². The fourth-order valence-electron chi connectivity index (χ4n) is 2.33. The molecule has 0 unspecified atom stereocenters. The summed E-state index contributed by atoms with van der Waals surface area (Å²) in [6.07, 6.45) is 6.46. The molecule has 8 heteroatoms. The van der Waals surface area contributed by atoms with Gasteiger partial charge in [0.1, 0.15) is 0 Å². The van der Waals surface area contributed by atoms with Crippen LogP contribution in [0.5, 0.6) is 0 Å². The van der Waals surface area contributed by atoms with E-state index >= 15 is 0 Å². The molecule has 0 aliphatic carbocycles. The van der Waals surface area contributed by atoms with Crippen LogP contribution in [0.25, 0.3) is 0 Å². The van der Waals surface area contributed by atoms with Gasteiger partial charge in [-0.2, -0.15) is 5.10 Å². The van der Waals surface area contributed by atoms with Gasteiger partial charge < -0.3 is 9.88 Å². The molecule has 0 bridgehead atoms. The van der Waals surface area contributed by atoms with Crippen molar-refractivity contribution in [2.75, 3.05) is 5.32 Å². The summed E-state index contributed by atoms with van der Waals surface area (Å²) in [5, 5.41) is 6.71. The molecule has 0 aliphatic rings. The maximum absolute atomic E-state index is 12.5. The van der Waals surface area contributed by atoms with Gasteiger partial charge in [-0.15, -0.1) is 0 Å². The number of pyridine rings is 1. The summed E-state index contributed by atoms with van der Waals surface area (Å²) >= 11 is 3.34. The van der Waals surface area contributed by atoms with Gasteiger partial charge >= 0.3 is 0 Å². The fraction of sp³-hybridized carbons (Fsp3) is 0.0526. The molecule has 3 rings (SSSR count). The summed E-state index contributed by atoms with van der Waals surface area (Å²) in [6, 6.07) is 12.1. The topological polar surface area (TPSA) is 88.4 Å². The SMILES string of the molecule is Cn1cccc1C=NNC(=O)c1cc(Br)ccc1NC(=O)c1cccnc1. The van der Waals surface area contributed by atoms with Gasteiger partial charge in [0.15, 0.2) is 0 Å². The number of amides is 2. The lowest BCUT2D eigenvalue weighted by Gasteiger charge is -2.10. The van der Waals surface area contributed by atoms with Crippen LogP contribution in [-0.4, -0.2) is 27.6 Å². The van der Waals surface area contributed by atoms with E-state index in [9.17, 15) is 9.59 Å². The first kappa shape index (κ1) is 18.5. The number of hydrogen-bond acceptors (Lipinski definition) is 4. The Balaban J connectivity index is 1.77. The molecule has 2 N–H and O–H groups in total. The standard InChI is InChI=1S/C19H16BrN5O2/c1-25-9-3-5-15(25)12-22-24-19(27)16-10-14(20)6-7-17(16)23-18(26)13-4-2-8-21-11-13/h2-12H,1H3,(H,23,26)(H,24,27). The van der Waals surface area contributed by atoms with Crippen molar-refractivity contribution in [2.24, 2.45) is 12.1 Å². The van der Waals surface area contributed by atoms with Gasteiger partial charge in [0.2, 0.25) is 0 Å². The molecule has 0 atom stereocenters. The van der Waals surface area contributed by atoms with Crippen LogP contribution in [0.1, 0.15) is 26.4 Å². The fourth-order valence-corrected chi connectivity index (χ4v) is 2.69. The first-order chi connectivity index (χ1) is 13.0.